The zero-order valence-corrected chi connectivity index (χ0v) is 11.0. The first-order valence-electron chi connectivity index (χ1n) is 5.90. The SMILES string of the molecule is CCC1C(=O)NCCN1C(=O)c1csc(CN)n1. The summed E-state index contributed by atoms with van der Waals surface area (Å²) in [5.41, 5.74) is 5.86. The summed E-state index contributed by atoms with van der Waals surface area (Å²) in [4.78, 5) is 29.7. The Morgan fingerprint density at radius 2 is 2.50 bits per heavy atom. The van der Waals surface area contributed by atoms with Crippen molar-refractivity contribution in [3.8, 4) is 0 Å². The quantitative estimate of drug-likeness (QED) is 0.804. The minimum Gasteiger partial charge on any atom is -0.353 e. The summed E-state index contributed by atoms with van der Waals surface area (Å²) in [6, 6.07) is -0.394. The van der Waals surface area contributed by atoms with Crippen LogP contribution in [-0.4, -0.2) is 40.8 Å². The second kappa shape index (κ2) is 5.45. The molecule has 2 amide bonds. The maximum Gasteiger partial charge on any atom is 0.274 e. The molecule has 0 aromatic carbocycles. The number of nitrogens with two attached hydrogens (primary N) is 1. The summed E-state index contributed by atoms with van der Waals surface area (Å²) < 4.78 is 0. The van der Waals surface area contributed by atoms with Crippen LogP contribution in [0.15, 0.2) is 5.38 Å². The Hall–Kier alpha value is -1.47. The molecule has 0 spiro atoms. The number of hydrogen-bond acceptors (Lipinski definition) is 5. The first-order chi connectivity index (χ1) is 8.67. The van der Waals surface area contributed by atoms with E-state index in [1.807, 2.05) is 6.92 Å². The van der Waals surface area contributed by atoms with Crippen molar-refractivity contribution in [2.45, 2.75) is 25.9 Å². The van der Waals surface area contributed by atoms with Gasteiger partial charge in [0.05, 0.1) is 0 Å². The number of nitrogens with zero attached hydrogens (tertiary/aromatic N) is 2. The van der Waals surface area contributed by atoms with Crippen LogP contribution in [0.3, 0.4) is 0 Å². The molecule has 1 unspecified atom stereocenters. The van der Waals surface area contributed by atoms with Gasteiger partial charge in [-0.15, -0.1) is 11.3 Å². The summed E-state index contributed by atoms with van der Waals surface area (Å²) >= 11 is 1.37. The van der Waals surface area contributed by atoms with Crippen molar-refractivity contribution in [2.75, 3.05) is 13.1 Å². The highest BCUT2D eigenvalue weighted by molar-refractivity contribution is 7.09. The van der Waals surface area contributed by atoms with Gasteiger partial charge >= 0.3 is 0 Å². The standard InChI is InChI=1S/C11H16N4O2S/c1-2-8-10(16)13-3-4-15(8)11(17)7-6-18-9(5-12)14-7/h6,8H,2-5,12H2,1H3,(H,13,16). The van der Waals surface area contributed by atoms with Crippen molar-refractivity contribution in [3.05, 3.63) is 16.1 Å². The van der Waals surface area contributed by atoms with Crippen LogP contribution >= 0.6 is 11.3 Å². The number of amides is 2. The van der Waals surface area contributed by atoms with E-state index in [1.165, 1.54) is 11.3 Å². The second-order valence-electron chi connectivity index (χ2n) is 4.04. The number of carbonyl (C=O) groups excluding carboxylic acids is 2. The minimum atomic E-state index is -0.394. The minimum absolute atomic E-state index is 0.0913. The number of piperazine rings is 1. The average molecular weight is 268 g/mol. The molecule has 2 rings (SSSR count). The molecule has 1 aromatic heterocycles. The predicted molar refractivity (Wildman–Crippen MR) is 68.1 cm³/mol. The fourth-order valence-corrected chi connectivity index (χ4v) is 2.66. The predicted octanol–water partition coefficient (Wildman–Crippen LogP) is -0.0476. The van der Waals surface area contributed by atoms with Crippen LogP contribution in [0.2, 0.25) is 0 Å². The lowest BCUT2D eigenvalue weighted by Crippen LogP contribution is -2.56. The number of aromatic nitrogens is 1. The van der Waals surface area contributed by atoms with E-state index in [0.717, 1.165) is 5.01 Å². The Balaban J connectivity index is 2.18. The van der Waals surface area contributed by atoms with Gasteiger partial charge in [-0.2, -0.15) is 0 Å². The Labute approximate surface area is 109 Å². The van der Waals surface area contributed by atoms with E-state index in [0.29, 0.717) is 31.7 Å². The summed E-state index contributed by atoms with van der Waals surface area (Å²) in [5, 5.41) is 5.19. The van der Waals surface area contributed by atoms with Gasteiger partial charge in [-0.3, -0.25) is 9.59 Å². The van der Waals surface area contributed by atoms with Crippen LogP contribution in [0.25, 0.3) is 0 Å². The van der Waals surface area contributed by atoms with E-state index in [4.69, 9.17) is 5.73 Å². The maximum atomic E-state index is 12.3. The van der Waals surface area contributed by atoms with Crippen LogP contribution in [-0.2, 0) is 11.3 Å². The molecule has 1 aliphatic rings. The number of thiazole rings is 1. The van der Waals surface area contributed by atoms with Crippen molar-refractivity contribution in [2.24, 2.45) is 5.73 Å². The van der Waals surface area contributed by atoms with Crippen molar-refractivity contribution in [3.63, 3.8) is 0 Å². The molecule has 0 saturated carbocycles. The van der Waals surface area contributed by atoms with Gasteiger partial charge in [-0.25, -0.2) is 4.98 Å². The smallest absolute Gasteiger partial charge is 0.274 e. The highest BCUT2D eigenvalue weighted by atomic mass is 32.1. The molecular weight excluding hydrogens is 252 g/mol. The highest BCUT2D eigenvalue weighted by Gasteiger charge is 2.32. The van der Waals surface area contributed by atoms with Crippen molar-refractivity contribution in [1.82, 2.24) is 15.2 Å². The van der Waals surface area contributed by atoms with Crippen molar-refractivity contribution in [1.29, 1.82) is 0 Å². The average Bonchev–Trinajstić information content (AvgIpc) is 2.86. The lowest BCUT2D eigenvalue weighted by Gasteiger charge is -2.34. The Morgan fingerprint density at radius 3 is 3.11 bits per heavy atom. The summed E-state index contributed by atoms with van der Waals surface area (Å²) in [6.45, 7) is 3.24. The first kappa shape index (κ1) is 13.0. The van der Waals surface area contributed by atoms with Crippen LogP contribution in [0.1, 0.15) is 28.8 Å². The highest BCUT2D eigenvalue weighted by Crippen LogP contribution is 2.16. The lowest BCUT2D eigenvalue weighted by atomic mass is 10.1. The maximum absolute atomic E-state index is 12.3. The fourth-order valence-electron chi connectivity index (χ4n) is 2.01. The molecule has 3 N–H and O–H groups in total. The largest absolute Gasteiger partial charge is 0.353 e. The molecule has 18 heavy (non-hydrogen) atoms. The second-order valence-corrected chi connectivity index (χ2v) is 4.99. The number of carbonyl (C=O) groups is 2. The summed E-state index contributed by atoms with van der Waals surface area (Å²) in [6.07, 6.45) is 0.603. The van der Waals surface area contributed by atoms with E-state index >= 15 is 0 Å². The van der Waals surface area contributed by atoms with E-state index < -0.39 is 6.04 Å². The molecular formula is C11H16N4O2S. The van der Waals surface area contributed by atoms with E-state index in [2.05, 4.69) is 10.3 Å². The van der Waals surface area contributed by atoms with Crippen LogP contribution < -0.4 is 11.1 Å². The normalized spacial score (nSPS) is 19.8. The zero-order valence-electron chi connectivity index (χ0n) is 10.2. The van der Waals surface area contributed by atoms with Gasteiger partial charge in [0.2, 0.25) is 5.91 Å². The van der Waals surface area contributed by atoms with Gasteiger partial charge in [0.25, 0.3) is 5.91 Å². The molecule has 0 aliphatic carbocycles. The fraction of sp³-hybridized carbons (Fsp3) is 0.545. The van der Waals surface area contributed by atoms with E-state index in [9.17, 15) is 9.59 Å². The van der Waals surface area contributed by atoms with E-state index in [1.54, 1.807) is 10.3 Å². The molecule has 1 saturated heterocycles. The number of hydrogen-bond donors (Lipinski definition) is 2. The summed E-state index contributed by atoms with van der Waals surface area (Å²) in [7, 11) is 0. The van der Waals surface area contributed by atoms with Gasteiger partial charge in [-0.1, -0.05) is 6.92 Å². The molecule has 1 atom stereocenters. The Morgan fingerprint density at radius 1 is 1.72 bits per heavy atom. The van der Waals surface area contributed by atoms with Gasteiger partial charge in [-0.05, 0) is 6.42 Å². The zero-order chi connectivity index (χ0) is 13.1. The Bertz CT molecular complexity index is 460. The first-order valence-corrected chi connectivity index (χ1v) is 6.78. The third-order valence-corrected chi connectivity index (χ3v) is 3.79. The Kier molecular flexibility index (Phi) is 3.93. The lowest BCUT2D eigenvalue weighted by molar-refractivity contribution is -0.127. The molecule has 1 aromatic rings. The van der Waals surface area contributed by atoms with Crippen LogP contribution in [0, 0.1) is 0 Å². The summed E-state index contributed by atoms with van der Waals surface area (Å²) in [5.74, 6) is -0.279. The molecule has 98 valence electrons. The third-order valence-electron chi connectivity index (χ3n) is 2.92. The molecule has 1 fully saturated rings. The molecule has 2 heterocycles. The topological polar surface area (TPSA) is 88.3 Å². The number of nitrogens with one attached hydrogen (secondary N) is 1. The molecule has 1 aliphatic heterocycles. The van der Waals surface area contributed by atoms with Gasteiger partial charge in [0.15, 0.2) is 0 Å². The van der Waals surface area contributed by atoms with Gasteiger partial charge < -0.3 is 16.0 Å². The molecule has 7 heteroatoms. The monoisotopic (exact) mass is 268 g/mol. The number of rotatable bonds is 3. The van der Waals surface area contributed by atoms with Gasteiger partial charge in [0, 0.05) is 25.0 Å². The van der Waals surface area contributed by atoms with Crippen molar-refractivity contribution < 1.29 is 9.59 Å². The van der Waals surface area contributed by atoms with Crippen LogP contribution in [0.5, 0.6) is 0 Å². The molecule has 0 bridgehead atoms. The third kappa shape index (κ3) is 2.37. The molecule has 0 radical (unpaired) electrons. The van der Waals surface area contributed by atoms with E-state index in [-0.39, 0.29) is 11.8 Å². The van der Waals surface area contributed by atoms with Crippen molar-refractivity contribution >= 4 is 23.2 Å². The van der Waals surface area contributed by atoms with Crippen LogP contribution in [0.4, 0.5) is 0 Å². The van der Waals surface area contributed by atoms with Gasteiger partial charge in [0.1, 0.15) is 16.7 Å². The molecule has 6 nitrogen and oxygen atoms in total.